The molecule has 0 aromatic heterocycles. The van der Waals surface area contributed by atoms with E-state index in [1.807, 2.05) is 0 Å². The first kappa shape index (κ1) is 18.8. The van der Waals surface area contributed by atoms with Crippen LogP contribution >= 0.6 is 0 Å². The second-order valence-electron chi connectivity index (χ2n) is 5.61. The molecule has 0 saturated carbocycles. The predicted molar refractivity (Wildman–Crippen MR) is 89.9 cm³/mol. The largest absolute Gasteiger partial charge is 0.506 e. The zero-order valence-corrected chi connectivity index (χ0v) is 14.6. The van der Waals surface area contributed by atoms with E-state index in [1.54, 1.807) is 0 Å². The number of aromatic hydroxyl groups is 1. The van der Waals surface area contributed by atoms with Crippen LogP contribution in [0.25, 0.3) is 0 Å². The zero-order valence-electron chi connectivity index (χ0n) is 13.0. The van der Waals surface area contributed by atoms with E-state index < -0.39 is 81.0 Å². The number of anilines is 2. The van der Waals surface area contributed by atoms with Gasteiger partial charge < -0.3 is 16.6 Å². The van der Waals surface area contributed by atoms with Crippen molar-refractivity contribution in [2.24, 2.45) is 0 Å². The van der Waals surface area contributed by atoms with Crippen LogP contribution in [0.5, 0.6) is 5.75 Å². The normalized spacial score (nSPS) is 14.0. The summed E-state index contributed by atoms with van der Waals surface area (Å²) in [6.07, 6.45) is 0. The van der Waals surface area contributed by atoms with Crippen LogP contribution in [0, 0.1) is 0 Å². The van der Waals surface area contributed by atoms with Crippen LogP contribution in [-0.4, -0.2) is 42.6 Å². The lowest BCUT2D eigenvalue weighted by Crippen LogP contribution is -2.25. The molecule has 7 N–H and O–H groups in total. The molecule has 2 aromatic carbocycles. The van der Waals surface area contributed by atoms with Crippen molar-refractivity contribution < 1.29 is 40.6 Å². The van der Waals surface area contributed by atoms with Gasteiger partial charge in [-0.05, 0) is 18.2 Å². The fourth-order valence-corrected chi connectivity index (χ4v) is 3.97. The van der Waals surface area contributed by atoms with Crippen molar-refractivity contribution in [3.05, 3.63) is 40.5 Å². The Morgan fingerprint density at radius 3 is 1.81 bits per heavy atom. The summed E-state index contributed by atoms with van der Waals surface area (Å²) in [5, 5.41) is 10.1. The maximum absolute atomic E-state index is 12.8. The quantitative estimate of drug-likeness (QED) is 0.210. The summed E-state index contributed by atoms with van der Waals surface area (Å²) in [6, 6.07) is 2.01. The van der Waals surface area contributed by atoms with Gasteiger partial charge in [0.05, 0.1) is 21.6 Å². The molecule has 1 aliphatic carbocycles. The lowest BCUT2D eigenvalue weighted by atomic mass is 9.82. The molecule has 3 rings (SSSR count). The van der Waals surface area contributed by atoms with Crippen molar-refractivity contribution in [2.75, 3.05) is 11.5 Å². The van der Waals surface area contributed by atoms with E-state index in [1.165, 1.54) is 0 Å². The van der Waals surface area contributed by atoms with Gasteiger partial charge >= 0.3 is 0 Å². The first-order valence-corrected chi connectivity index (χ1v) is 9.76. The zero-order chi connectivity index (χ0) is 20.5. The van der Waals surface area contributed by atoms with Gasteiger partial charge in [-0.15, -0.1) is 0 Å². The van der Waals surface area contributed by atoms with E-state index in [4.69, 9.17) is 20.6 Å². The summed E-state index contributed by atoms with van der Waals surface area (Å²) >= 11 is 0. The third-order valence-electron chi connectivity index (χ3n) is 3.94. The molecule has 1 aliphatic rings. The van der Waals surface area contributed by atoms with Crippen molar-refractivity contribution in [1.82, 2.24) is 0 Å². The number of benzene rings is 2. The van der Waals surface area contributed by atoms with Crippen LogP contribution in [-0.2, 0) is 20.2 Å². The molecule has 13 heteroatoms. The van der Waals surface area contributed by atoms with E-state index in [-0.39, 0.29) is 0 Å². The van der Waals surface area contributed by atoms with Crippen LogP contribution in [0.4, 0.5) is 11.4 Å². The highest BCUT2D eigenvalue weighted by Gasteiger charge is 2.38. The third-order valence-corrected chi connectivity index (χ3v) is 5.64. The number of fused-ring (bicyclic) bond motifs is 2. The van der Waals surface area contributed by atoms with Crippen molar-refractivity contribution in [2.45, 2.75) is 9.79 Å². The summed E-state index contributed by atoms with van der Waals surface area (Å²) in [5.41, 5.74) is 7.88. The number of hydrogen-bond acceptors (Lipinski definition) is 9. The highest BCUT2D eigenvalue weighted by molar-refractivity contribution is 7.86. The Kier molecular flexibility index (Phi) is 3.82. The Morgan fingerprint density at radius 2 is 1.30 bits per heavy atom. The van der Waals surface area contributed by atoms with Crippen molar-refractivity contribution >= 4 is 43.2 Å². The lowest BCUT2D eigenvalue weighted by Gasteiger charge is -2.22. The van der Waals surface area contributed by atoms with Gasteiger partial charge in [0.15, 0.2) is 11.6 Å². The Balaban J connectivity index is 2.45. The molecule has 0 spiro atoms. The Morgan fingerprint density at radius 1 is 0.741 bits per heavy atom. The maximum Gasteiger partial charge on any atom is 0.298 e. The number of nitrogens with two attached hydrogens (primary N) is 2. The fraction of sp³-hybridized carbons (Fsp3) is 0. The van der Waals surface area contributed by atoms with Gasteiger partial charge in [0.2, 0.25) is 0 Å². The lowest BCUT2D eigenvalue weighted by molar-refractivity contribution is 0.0977. The van der Waals surface area contributed by atoms with Gasteiger partial charge in [-0.1, -0.05) is 0 Å². The maximum atomic E-state index is 12.8. The second-order valence-corrected chi connectivity index (χ2v) is 8.42. The standard InChI is InChI=1S/C14H10N2O9S2/c15-6-2-4(26(20,21)22)1-5-9(6)14(19)10-7(16)3-8(27(23,24)25)13(18)11(10)12(5)17/h1-3,18H,15-16H2,(H,20,21,22)(H,23,24,25). The molecule has 0 saturated heterocycles. The number of phenolic OH excluding ortho intramolecular Hbond substituents is 1. The number of phenols is 1. The molecule has 0 atom stereocenters. The molecule has 0 amide bonds. The summed E-state index contributed by atoms with van der Waals surface area (Å²) in [7, 11) is -9.79. The Labute approximate surface area is 151 Å². The van der Waals surface area contributed by atoms with E-state index in [0.29, 0.717) is 12.1 Å². The Bertz CT molecular complexity index is 1280. The first-order chi connectivity index (χ1) is 12.2. The van der Waals surface area contributed by atoms with Crippen LogP contribution in [0.15, 0.2) is 28.0 Å². The summed E-state index contributed by atoms with van der Waals surface area (Å²) in [4.78, 5) is 23.6. The Hall–Kier alpha value is -3.00. The molecule has 0 radical (unpaired) electrons. The molecule has 2 aromatic rings. The summed E-state index contributed by atoms with van der Waals surface area (Å²) in [6.45, 7) is 0. The van der Waals surface area contributed by atoms with Crippen molar-refractivity contribution in [3.63, 3.8) is 0 Å². The summed E-state index contributed by atoms with van der Waals surface area (Å²) < 4.78 is 63.7. The smallest absolute Gasteiger partial charge is 0.298 e. The number of carbonyl (C=O) groups is 2. The van der Waals surface area contributed by atoms with Gasteiger partial charge in [-0.3, -0.25) is 18.7 Å². The molecule has 0 bridgehead atoms. The summed E-state index contributed by atoms with van der Waals surface area (Å²) in [5.74, 6) is -3.39. The van der Waals surface area contributed by atoms with Crippen molar-refractivity contribution in [1.29, 1.82) is 0 Å². The average Bonchev–Trinajstić information content (AvgIpc) is 2.51. The van der Waals surface area contributed by atoms with Crippen LogP contribution in [0.1, 0.15) is 31.8 Å². The topological polar surface area (TPSA) is 215 Å². The third kappa shape index (κ3) is 2.73. The molecule has 0 aliphatic heterocycles. The monoisotopic (exact) mass is 414 g/mol. The van der Waals surface area contributed by atoms with Crippen LogP contribution in [0.2, 0.25) is 0 Å². The highest BCUT2D eigenvalue weighted by Crippen LogP contribution is 2.41. The molecule has 0 unspecified atom stereocenters. The van der Waals surface area contributed by atoms with E-state index in [2.05, 4.69) is 0 Å². The van der Waals surface area contributed by atoms with Crippen LogP contribution in [0.3, 0.4) is 0 Å². The van der Waals surface area contributed by atoms with Gasteiger partial charge in [-0.25, -0.2) is 0 Å². The minimum atomic E-state index is -5.00. The molecule has 142 valence electrons. The predicted octanol–water partition coefficient (Wildman–Crippen LogP) is -0.175. The van der Waals surface area contributed by atoms with Gasteiger partial charge in [0.1, 0.15) is 10.6 Å². The van der Waals surface area contributed by atoms with E-state index >= 15 is 0 Å². The fourth-order valence-electron chi connectivity index (χ4n) is 2.81. The molecule has 0 heterocycles. The average molecular weight is 414 g/mol. The van der Waals surface area contributed by atoms with Gasteiger partial charge in [0.25, 0.3) is 20.2 Å². The number of carbonyl (C=O) groups excluding carboxylic acids is 2. The second kappa shape index (κ2) is 5.50. The molecular formula is C14H10N2O9S2. The SMILES string of the molecule is Nc1cc(S(=O)(=O)O)cc2c1C(=O)c1c(N)cc(S(=O)(=O)O)c(O)c1C2=O. The van der Waals surface area contributed by atoms with E-state index in [9.17, 15) is 31.5 Å². The molecular weight excluding hydrogens is 404 g/mol. The molecule has 0 fully saturated rings. The minimum absolute atomic E-state index is 0.425. The van der Waals surface area contributed by atoms with Crippen molar-refractivity contribution in [3.8, 4) is 5.75 Å². The minimum Gasteiger partial charge on any atom is -0.506 e. The van der Waals surface area contributed by atoms with Crippen LogP contribution < -0.4 is 11.5 Å². The first-order valence-electron chi connectivity index (χ1n) is 6.88. The number of rotatable bonds is 2. The van der Waals surface area contributed by atoms with Gasteiger partial charge in [-0.2, -0.15) is 16.8 Å². The van der Waals surface area contributed by atoms with E-state index in [0.717, 1.165) is 6.07 Å². The number of hydrogen-bond donors (Lipinski definition) is 5. The number of ketones is 2. The number of nitrogen functional groups attached to an aromatic ring is 2. The molecule has 27 heavy (non-hydrogen) atoms. The highest BCUT2D eigenvalue weighted by atomic mass is 32.2. The molecule has 11 nitrogen and oxygen atoms in total. The van der Waals surface area contributed by atoms with Gasteiger partial charge in [0, 0.05) is 16.9 Å².